The number of fused-ring (bicyclic) bond motifs is 1. The maximum atomic E-state index is 16.0. The summed E-state index contributed by atoms with van der Waals surface area (Å²) in [7, 11) is 3.48. The van der Waals surface area contributed by atoms with Gasteiger partial charge in [-0.3, -0.25) is 19.1 Å². The molecule has 218 valence electrons. The van der Waals surface area contributed by atoms with E-state index in [1.54, 1.807) is 62.6 Å². The molecule has 1 saturated heterocycles. The first-order valence-corrected chi connectivity index (χ1v) is 14.1. The average molecular weight is 638 g/mol. The Labute approximate surface area is 250 Å². The van der Waals surface area contributed by atoms with Crippen LogP contribution in [0.25, 0.3) is 22.0 Å². The zero-order chi connectivity index (χ0) is 30.2. The first-order chi connectivity index (χ1) is 19.9. The highest BCUT2D eigenvalue weighted by molar-refractivity contribution is 9.10. The fourth-order valence-electron chi connectivity index (χ4n) is 5.30. The number of alkyl halides is 1. The van der Waals surface area contributed by atoms with Gasteiger partial charge in [0.25, 0.3) is 0 Å². The van der Waals surface area contributed by atoms with Crippen LogP contribution in [0.1, 0.15) is 29.7 Å². The van der Waals surface area contributed by atoms with Crippen LogP contribution in [0.5, 0.6) is 0 Å². The third-order valence-corrected chi connectivity index (χ3v) is 7.50. The minimum absolute atomic E-state index is 0.0420. The third kappa shape index (κ3) is 6.21. The standard InChI is InChI=1S/C29H30BrFN8O3/c1-17(40)27-21-10-19(20-12-32-18(2)33-13-20)8-9-22(21)39(36-27)14-26(41)38-16-29(31,15-37(3)4)11-23(38)28(42)35-25-7-5-6-24(30)34-25/h5-10,12-13,23H,11,14-16H2,1-4H3,(H,34,35,42)/t23-,29-/m0/s1. The molecule has 4 aromatic rings. The fourth-order valence-corrected chi connectivity index (χ4v) is 5.65. The molecule has 5 rings (SSSR count). The molecule has 1 aliphatic rings. The van der Waals surface area contributed by atoms with Crippen LogP contribution in [-0.2, 0) is 16.1 Å². The second-order valence-corrected chi connectivity index (χ2v) is 11.6. The molecule has 3 aromatic heterocycles. The van der Waals surface area contributed by atoms with E-state index in [0.29, 0.717) is 21.3 Å². The summed E-state index contributed by atoms with van der Waals surface area (Å²) < 4.78 is 18.0. The van der Waals surface area contributed by atoms with E-state index in [4.69, 9.17) is 0 Å². The van der Waals surface area contributed by atoms with Crippen molar-refractivity contribution in [2.45, 2.75) is 38.5 Å². The van der Waals surface area contributed by atoms with E-state index < -0.39 is 23.5 Å². The summed E-state index contributed by atoms with van der Waals surface area (Å²) in [5.74, 6) is -0.375. The van der Waals surface area contributed by atoms with E-state index in [-0.39, 0.29) is 43.4 Å². The number of pyridine rings is 1. The van der Waals surface area contributed by atoms with Crippen LogP contribution in [-0.4, -0.2) is 91.0 Å². The molecule has 0 saturated carbocycles. The predicted octanol–water partition coefficient (Wildman–Crippen LogP) is 3.67. The number of nitrogens with one attached hydrogen (secondary N) is 1. The van der Waals surface area contributed by atoms with Crippen molar-refractivity contribution >= 4 is 50.2 Å². The number of rotatable bonds is 8. The van der Waals surface area contributed by atoms with Crippen molar-refractivity contribution in [3.8, 4) is 11.1 Å². The molecule has 11 nitrogen and oxygen atoms in total. The van der Waals surface area contributed by atoms with Crippen molar-refractivity contribution in [1.82, 2.24) is 34.5 Å². The van der Waals surface area contributed by atoms with E-state index in [9.17, 15) is 14.4 Å². The number of carbonyl (C=O) groups is 3. The van der Waals surface area contributed by atoms with Gasteiger partial charge in [0, 0.05) is 43.2 Å². The highest BCUT2D eigenvalue weighted by Gasteiger charge is 2.49. The number of carbonyl (C=O) groups excluding carboxylic acids is 3. The maximum absolute atomic E-state index is 16.0. The molecule has 1 aromatic carbocycles. The van der Waals surface area contributed by atoms with Crippen LogP contribution < -0.4 is 5.32 Å². The Kier molecular flexibility index (Phi) is 8.15. The van der Waals surface area contributed by atoms with Crippen molar-refractivity contribution in [3.63, 3.8) is 0 Å². The number of aromatic nitrogens is 5. The molecule has 1 N–H and O–H groups in total. The van der Waals surface area contributed by atoms with Gasteiger partial charge in [0.05, 0.1) is 12.1 Å². The number of benzene rings is 1. The fraction of sp³-hybridized carbons (Fsp3) is 0.345. The zero-order valence-electron chi connectivity index (χ0n) is 23.6. The summed E-state index contributed by atoms with van der Waals surface area (Å²) in [6.07, 6.45) is 3.23. The molecule has 13 heteroatoms. The molecular formula is C29H30BrFN8O3. The third-order valence-electron chi connectivity index (χ3n) is 7.06. The minimum Gasteiger partial charge on any atom is -0.326 e. The zero-order valence-corrected chi connectivity index (χ0v) is 25.2. The lowest BCUT2D eigenvalue weighted by molar-refractivity contribution is -0.137. The van der Waals surface area contributed by atoms with Gasteiger partial charge in [0.2, 0.25) is 11.8 Å². The van der Waals surface area contributed by atoms with Gasteiger partial charge in [-0.2, -0.15) is 5.10 Å². The average Bonchev–Trinajstić information content (AvgIpc) is 3.46. The summed E-state index contributed by atoms with van der Waals surface area (Å²) in [5, 5.41) is 7.73. The lowest BCUT2D eigenvalue weighted by atomic mass is 10.0. The first-order valence-electron chi connectivity index (χ1n) is 13.3. The minimum atomic E-state index is -1.80. The van der Waals surface area contributed by atoms with Crippen LogP contribution in [0.4, 0.5) is 10.2 Å². The van der Waals surface area contributed by atoms with Gasteiger partial charge in [-0.25, -0.2) is 19.3 Å². The van der Waals surface area contributed by atoms with Gasteiger partial charge in [0.15, 0.2) is 5.78 Å². The van der Waals surface area contributed by atoms with E-state index in [1.807, 2.05) is 12.1 Å². The molecule has 1 fully saturated rings. The van der Waals surface area contributed by atoms with Crippen LogP contribution in [0.2, 0.25) is 0 Å². The predicted molar refractivity (Wildman–Crippen MR) is 159 cm³/mol. The molecule has 1 aliphatic heterocycles. The summed E-state index contributed by atoms with van der Waals surface area (Å²) >= 11 is 3.27. The molecular weight excluding hydrogens is 607 g/mol. The number of ketones is 1. The number of Topliss-reactive ketones (excluding diaryl/α,β-unsaturated/α-hetero) is 1. The Morgan fingerprint density at radius 3 is 2.55 bits per heavy atom. The van der Waals surface area contributed by atoms with E-state index in [2.05, 4.69) is 41.3 Å². The first kappa shape index (κ1) is 29.4. The van der Waals surface area contributed by atoms with Crippen molar-refractivity contribution in [2.75, 3.05) is 32.5 Å². The van der Waals surface area contributed by atoms with E-state index >= 15 is 4.39 Å². The van der Waals surface area contributed by atoms with Gasteiger partial charge >= 0.3 is 0 Å². The Balaban J connectivity index is 1.45. The van der Waals surface area contributed by atoms with Crippen molar-refractivity contribution in [2.24, 2.45) is 0 Å². The largest absolute Gasteiger partial charge is 0.326 e. The van der Waals surface area contributed by atoms with Crippen molar-refractivity contribution in [1.29, 1.82) is 0 Å². The van der Waals surface area contributed by atoms with Crippen LogP contribution in [0.3, 0.4) is 0 Å². The molecule has 4 heterocycles. The maximum Gasteiger partial charge on any atom is 0.248 e. The second kappa shape index (κ2) is 11.6. The summed E-state index contributed by atoms with van der Waals surface area (Å²) in [6, 6.07) is 9.40. The highest BCUT2D eigenvalue weighted by atomic mass is 79.9. The molecule has 0 aliphatic carbocycles. The molecule has 0 spiro atoms. The molecule has 0 unspecified atom stereocenters. The smallest absolute Gasteiger partial charge is 0.248 e. The Morgan fingerprint density at radius 2 is 1.88 bits per heavy atom. The quantitative estimate of drug-likeness (QED) is 0.229. The van der Waals surface area contributed by atoms with Crippen LogP contribution >= 0.6 is 15.9 Å². The number of hydrogen-bond acceptors (Lipinski definition) is 8. The molecule has 2 amide bonds. The number of anilines is 1. The SMILES string of the molecule is CC(=O)c1nn(CC(=O)N2C[C@@](F)(CN(C)C)C[C@H]2C(=O)Nc2cccc(Br)n2)c2ccc(-c3cnc(C)nc3)cc12. The normalized spacial score (nSPS) is 18.5. The van der Waals surface area contributed by atoms with Crippen LogP contribution in [0, 0.1) is 6.92 Å². The molecule has 42 heavy (non-hydrogen) atoms. The van der Waals surface area contributed by atoms with Crippen LogP contribution in [0.15, 0.2) is 53.4 Å². The number of nitrogens with zero attached hydrogens (tertiary/aromatic N) is 7. The lowest BCUT2D eigenvalue weighted by Crippen LogP contribution is -2.45. The van der Waals surface area contributed by atoms with Crippen molar-refractivity contribution in [3.05, 3.63) is 64.9 Å². The lowest BCUT2D eigenvalue weighted by Gasteiger charge is -2.25. The molecule has 2 atom stereocenters. The van der Waals surface area contributed by atoms with Gasteiger partial charge in [0.1, 0.15) is 40.2 Å². The molecule has 0 bridgehead atoms. The van der Waals surface area contributed by atoms with Gasteiger partial charge in [-0.1, -0.05) is 12.1 Å². The van der Waals surface area contributed by atoms with Gasteiger partial charge in [-0.15, -0.1) is 0 Å². The molecule has 0 radical (unpaired) electrons. The second-order valence-electron chi connectivity index (χ2n) is 10.8. The topological polar surface area (TPSA) is 126 Å². The Morgan fingerprint density at radius 1 is 1.14 bits per heavy atom. The Bertz CT molecular complexity index is 1680. The number of hydrogen-bond donors (Lipinski definition) is 1. The van der Waals surface area contributed by atoms with E-state index in [1.165, 1.54) is 16.5 Å². The van der Waals surface area contributed by atoms with Gasteiger partial charge < -0.3 is 15.1 Å². The van der Waals surface area contributed by atoms with Crippen molar-refractivity contribution < 1.29 is 18.8 Å². The summed E-state index contributed by atoms with van der Waals surface area (Å²) in [5.41, 5.74) is 0.527. The number of likely N-dealkylation sites (tertiary alicyclic amines) is 1. The number of aryl methyl sites for hydroxylation is 1. The van der Waals surface area contributed by atoms with Gasteiger partial charge in [-0.05, 0) is 66.8 Å². The Hall–Kier alpha value is -4.10. The summed E-state index contributed by atoms with van der Waals surface area (Å²) in [4.78, 5) is 55.3. The monoisotopic (exact) mass is 636 g/mol. The highest BCUT2D eigenvalue weighted by Crippen LogP contribution is 2.33. The van der Waals surface area contributed by atoms with E-state index in [0.717, 1.165) is 11.1 Å². The summed E-state index contributed by atoms with van der Waals surface area (Å²) in [6.45, 7) is 2.70. The number of halogens is 2. The number of amides is 2.